The molecule has 1 aromatic carbocycles. The predicted octanol–water partition coefficient (Wildman–Crippen LogP) is 5.38. The number of halogens is 3. The molecule has 2 aliphatic heterocycles. The first-order chi connectivity index (χ1) is 14.4. The molecule has 1 amide bonds. The number of nitrogens with one attached hydrogen (secondary N) is 1. The van der Waals surface area contributed by atoms with Gasteiger partial charge in [0.2, 0.25) is 0 Å². The highest BCUT2D eigenvalue weighted by Crippen LogP contribution is 2.37. The summed E-state index contributed by atoms with van der Waals surface area (Å²) in [4.78, 5) is 14.2. The molecule has 1 atom stereocenters. The van der Waals surface area contributed by atoms with Crippen molar-refractivity contribution in [1.82, 2.24) is 10.2 Å². The fraction of sp³-hybridized carbons (Fsp3) is 0.300. The molecule has 2 aliphatic rings. The summed E-state index contributed by atoms with van der Waals surface area (Å²) in [7, 11) is 0. The minimum Gasteiger partial charge on any atom is -0.483 e. The number of benzene rings is 1. The van der Waals surface area contributed by atoms with E-state index in [9.17, 15) is 4.79 Å². The van der Waals surface area contributed by atoms with Crippen LogP contribution in [0.25, 0.3) is 6.08 Å². The molecule has 158 valence electrons. The van der Waals surface area contributed by atoms with Gasteiger partial charge < -0.3 is 19.2 Å². The average Bonchev–Trinajstić information content (AvgIpc) is 3.40. The fourth-order valence-corrected chi connectivity index (χ4v) is 5.99. The lowest BCUT2D eigenvalue weighted by atomic mass is 10.2. The van der Waals surface area contributed by atoms with Gasteiger partial charge in [0.25, 0.3) is 5.91 Å². The second-order valence-electron chi connectivity index (χ2n) is 6.83. The smallest absolute Gasteiger partial charge is 0.276 e. The van der Waals surface area contributed by atoms with Crippen LogP contribution in [0.15, 0.2) is 47.8 Å². The highest BCUT2D eigenvalue weighted by Gasteiger charge is 2.33. The van der Waals surface area contributed by atoms with Crippen LogP contribution in [0.3, 0.4) is 0 Å². The van der Waals surface area contributed by atoms with Crippen LogP contribution in [0, 0.1) is 0 Å². The first-order valence-corrected chi connectivity index (χ1v) is 12.0. The number of nitrogens with zero attached hydrogens (tertiary/aromatic N) is 1. The summed E-state index contributed by atoms with van der Waals surface area (Å²) in [6.07, 6.45) is 3.65. The lowest BCUT2D eigenvalue weighted by Crippen LogP contribution is -2.37. The Bertz CT molecular complexity index is 994. The van der Waals surface area contributed by atoms with E-state index in [2.05, 4.69) is 53.1 Å². The van der Waals surface area contributed by atoms with Crippen LogP contribution in [0.2, 0.25) is 0 Å². The van der Waals surface area contributed by atoms with Crippen molar-refractivity contribution in [2.24, 2.45) is 0 Å². The molecule has 1 unspecified atom stereocenters. The number of furan rings is 1. The first-order valence-electron chi connectivity index (χ1n) is 9.23. The van der Waals surface area contributed by atoms with Crippen LogP contribution in [-0.2, 0) is 16.1 Å². The molecule has 6 nitrogen and oxygen atoms in total. The molecule has 0 saturated carbocycles. The minimum atomic E-state index is -0.174. The van der Waals surface area contributed by atoms with Crippen LogP contribution in [0.4, 0.5) is 0 Å². The van der Waals surface area contributed by atoms with Gasteiger partial charge in [-0.05, 0) is 81.2 Å². The Hall–Kier alpha value is -1.20. The third kappa shape index (κ3) is 4.99. The normalized spacial score (nSPS) is 20.3. The molecule has 1 aromatic heterocycles. The SMILES string of the molecule is O=C1/C(=C\c2ccc(COc3c(Br)cc(Br)cc3Br)o2)NC(=S)N1CC1CCCO1. The van der Waals surface area contributed by atoms with Gasteiger partial charge in [-0.25, -0.2) is 0 Å². The van der Waals surface area contributed by atoms with Crippen LogP contribution in [0.5, 0.6) is 5.75 Å². The zero-order valence-electron chi connectivity index (χ0n) is 15.6. The topological polar surface area (TPSA) is 63.9 Å². The molecule has 3 heterocycles. The standard InChI is InChI=1S/C20H17Br3N2O4S/c21-11-6-15(22)18(16(23)7-11)28-10-14-4-3-12(29-14)8-17-19(26)25(20(30)24-17)9-13-2-1-5-27-13/h3-4,6-8,13H,1-2,5,9-10H2,(H,24,30)/b17-8+. The molecule has 2 fully saturated rings. The van der Waals surface area contributed by atoms with Crippen molar-refractivity contribution < 1.29 is 18.7 Å². The van der Waals surface area contributed by atoms with Crippen molar-refractivity contribution in [2.45, 2.75) is 25.6 Å². The Morgan fingerprint density at radius 3 is 2.73 bits per heavy atom. The Balaban J connectivity index is 1.41. The summed E-state index contributed by atoms with van der Waals surface area (Å²) in [5.74, 6) is 1.68. The maximum atomic E-state index is 12.7. The lowest BCUT2D eigenvalue weighted by molar-refractivity contribution is -0.123. The highest BCUT2D eigenvalue weighted by atomic mass is 79.9. The van der Waals surface area contributed by atoms with Crippen LogP contribution in [0.1, 0.15) is 24.4 Å². The lowest BCUT2D eigenvalue weighted by Gasteiger charge is -2.18. The number of ether oxygens (including phenoxy) is 2. The monoisotopic (exact) mass is 618 g/mol. The quantitative estimate of drug-likeness (QED) is 0.346. The summed E-state index contributed by atoms with van der Waals surface area (Å²) >= 11 is 15.7. The van der Waals surface area contributed by atoms with Gasteiger partial charge in [-0.3, -0.25) is 9.69 Å². The third-order valence-corrected chi connectivity index (χ3v) is 6.62. The van der Waals surface area contributed by atoms with E-state index in [4.69, 9.17) is 26.1 Å². The second-order valence-corrected chi connectivity index (χ2v) is 9.84. The summed E-state index contributed by atoms with van der Waals surface area (Å²) < 4.78 is 19.8. The van der Waals surface area contributed by atoms with E-state index in [-0.39, 0.29) is 18.6 Å². The van der Waals surface area contributed by atoms with Crippen molar-refractivity contribution >= 4 is 77.1 Å². The van der Waals surface area contributed by atoms with E-state index < -0.39 is 0 Å². The summed E-state index contributed by atoms with van der Waals surface area (Å²) in [5, 5.41) is 3.36. The van der Waals surface area contributed by atoms with Gasteiger partial charge in [-0.15, -0.1) is 0 Å². The molecule has 10 heteroatoms. The van der Waals surface area contributed by atoms with Gasteiger partial charge in [0.15, 0.2) is 5.11 Å². The van der Waals surface area contributed by atoms with Crippen molar-refractivity contribution in [1.29, 1.82) is 0 Å². The number of carbonyl (C=O) groups excluding carboxylic acids is 1. The number of hydrogen-bond acceptors (Lipinski definition) is 5. The van der Waals surface area contributed by atoms with E-state index in [1.807, 2.05) is 18.2 Å². The van der Waals surface area contributed by atoms with Gasteiger partial charge in [0.05, 0.1) is 21.6 Å². The molecule has 4 rings (SSSR count). The fourth-order valence-electron chi connectivity index (χ4n) is 3.23. The molecule has 2 saturated heterocycles. The summed E-state index contributed by atoms with van der Waals surface area (Å²) in [5.41, 5.74) is 0.387. The summed E-state index contributed by atoms with van der Waals surface area (Å²) in [6, 6.07) is 7.41. The molecule has 2 aromatic rings. The van der Waals surface area contributed by atoms with Gasteiger partial charge >= 0.3 is 0 Å². The van der Waals surface area contributed by atoms with E-state index in [0.717, 1.165) is 32.9 Å². The Labute approximate surface area is 204 Å². The van der Waals surface area contributed by atoms with Gasteiger partial charge in [0, 0.05) is 17.2 Å². The molecule has 30 heavy (non-hydrogen) atoms. The predicted molar refractivity (Wildman–Crippen MR) is 127 cm³/mol. The number of hydrogen-bond donors (Lipinski definition) is 1. The van der Waals surface area contributed by atoms with E-state index in [1.54, 1.807) is 17.0 Å². The van der Waals surface area contributed by atoms with Crippen LogP contribution >= 0.6 is 60.0 Å². The third-order valence-electron chi connectivity index (χ3n) is 4.66. The van der Waals surface area contributed by atoms with Crippen molar-refractivity contribution in [2.75, 3.05) is 13.2 Å². The van der Waals surface area contributed by atoms with E-state index in [1.165, 1.54) is 0 Å². The molecule has 0 radical (unpaired) electrons. The molecule has 0 spiro atoms. The van der Waals surface area contributed by atoms with Gasteiger partial charge in [-0.1, -0.05) is 15.9 Å². The van der Waals surface area contributed by atoms with E-state index in [0.29, 0.717) is 34.6 Å². The van der Waals surface area contributed by atoms with Crippen molar-refractivity contribution in [3.63, 3.8) is 0 Å². The maximum absolute atomic E-state index is 12.7. The van der Waals surface area contributed by atoms with Crippen molar-refractivity contribution in [3.05, 3.63) is 54.9 Å². The van der Waals surface area contributed by atoms with Crippen LogP contribution < -0.4 is 10.1 Å². The molecule has 0 aliphatic carbocycles. The van der Waals surface area contributed by atoms with Gasteiger partial charge in [-0.2, -0.15) is 0 Å². The Kier molecular flexibility index (Phi) is 6.98. The zero-order valence-corrected chi connectivity index (χ0v) is 21.2. The van der Waals surface area contributed by atoms with E-state index >= 15 is 0 Å². The number of rotatable bonds is 6. The molecular formula is C20H17Br3N2O4S. The van der Waals surface area contributed by atoms with Crippen LogP contribution in [-0.4, -0.2) is 35.2 Å². The maximum Gasteiger partial charge on any atom is 0.276 e. The molecular weight excluding hydrogens is 604 g/mol. The minimum absolute atomic E-state index is 0.0395. The largest absolute Gasteiger partial charge is 0.483 e. The number of thiocarbonyl (C=S) groups is 1. The van der Waals surface area contributed by atoms with Gasteiger partial charge in [0.1, 0.15) is 29.6 Å². The first kappa shape index (κ1) is 22.0. The van der Waals surface area contributed by atoms with Crippen molar-refractivity contribution in [3.8, 4) is 5.75 Å². The summed E-state index contributed by atoms with van der Waals surface area (Å²) in [6.45, 7) is 1.45. The zero-order chi connectivity index (χ0) is 21.3. The second kappa shape index (κ2) is 9.52. The molecule has 1 N–H and O–H groups in total. The average molecular weight is 621 g/mol. The Morgan fingerprint density at radius 1 is 1.27 bits per heavy atom. The Morgan fingerprint density at radius 2 is 2.03 bits per heavy atom. The molecule has 0 bridgehead atoms. The number of carbonyl (C=O) groups is 1. The highest BCUT2D eigenvalue weighted by molar-refractivity contribution is 9.11. The number of amides is 1.